The van der Waals surface area contributed by atoms with Gasteiger partial charge in [0, 0.05) is 17.5 Å². The van der Waals surface area contributed by atoms with E-state index >= 15 is 0 Å². The number of hydrogen-bond donors (Lipinski definition) is 1. The SMILES string of the molecule is C.C.CC(C)OC(=O)c1ccc(C(=O)OCC(C)(C)CO)cc1.CCCCCCOP(C)(=O)OCC(C)(C)COC(=O)c1ccc(C(=O)OC(C)(C)C)cc1. The molecule has 2 rings (SSSR count). The minimum absolute atomic E-state index is 0. The molecule has 12 nitrogen and oxygen atoms in total. The van der Waals surface area contributed by atoms with Crippen LogP contribution in [0, 0.1) is 10.8 Å². The standard InChI is InChI=1S/C24H39O7P.C16H22O5.2CH4/c1-8-9-10-11-16-29-32(7,27)30-18-24(5,6)17-28-21(25)19-12-14-20(15-13-19)22(26)31-23(2,3)4;1-11(2)21-15(19)13-7-5-12(6-8-13)14(18)20-10-16(3,4)9-17;;/h12-15H,8-11,16-18H2,1-7H3;5-8,11,17H,9-10H2,1-4H3;2*1H4. The molecule has 2 aromatic carbocycles. The van der Waals surface area contributed by atoms with Crippen molar-refractivity contribution in [3.05, 3.63) is 70.8 Å². The monoisotopic (exact) mass is 796 g/mol. The number of esters is 4. The van der Waals surface area contributed by atoms with Gasteiger partial charge in [-0.25, -0.2) is 19.2 Å². The van der Waals surface area contributed by atoms with E-state index in [1.54, 1.807) is 48.5 Å². The second-order valence-electron chi connectivity index (χ2n) is 15.7. The molecule has 0 saturated carbocycles. The first-order chi connectivity index (χ1) is 24.5. The molecule has 0 aliphatic heterocycles. The molecule has 1 unspecified atom stereocenters. The van der Waals surface area contributed by atoms with Gasteiger partial charge in [0.05, 0.1) is 61.4 Å². The zero-order valence-corrected chi connectivity index (χ0v) is 34.3. The smallest absolute Gasteiger partial charge is 0.338 e. The number of carbonyl (C=O) groups excluding carboxylic acids is 4. The third kappa shape index (κ3) is 23.2. The number of aliphatic hydroxyl groups is 1. The Balaban J connectivity index is 0. The Labute approximate surface area is 330 Å². The van der Waals surface area contributed by atoms with E-state index in [9.17, 15) is 23.7 Å². The van der Waals surface area contributed by atoms with E-state index in [1.807, 2.05) is 13.8 Å². The summed E-state index contributed by atoms with van der Waals surface area (Å²) >= 11 is 0. The summed E-state index contributed by atoms with van der Waals surface area (Å²) in [4.78, 5) is 48.0. The van der Waals surface area contributed by atoms with Crippen molar-refractivity contribution in [1.82, 2.24) is 0 Å². The summed E-state index contributed by atoms with van der Waals surface area (Å²) in [5.41, 5.74) is -0.199. The van der Waals surface area contributed by atoms with Crippen molar-refractivity contribution in [3.63, 3.8) is 0 Å². The van der Waals surface area contributed by atoms with Crippen molar-refractivity contribution in [2.24, 2.45) is 10.8 Å². The predicted molar refractivity (Wildman–Crippen MR) is 217 cm³/mol. The molecule has 0 amide bonds. The largest absolute Gasteiger partial charge is 0.461 e. The van der Waals surface area contributed by atoms with Gasteiger partial charge in [-0.15, -0.1) is 0 Å². The number of unbranched alkanes of at least 4 members (excludes halogenated alkanes) is 3. The van der Waals surface area contributed by atoms with Crippen molar-refractivity contribution in [2.75, 3.05) is 39.7 Å². The summed E-state index contributed by atoms with van der Waals surface area (Å²) < 4.78 is 44.3. The van der Waals surface area contributed by atoms with Crippen LogP contribution in [0.15, 0.2) is 48.5 Å². The van der Waals surface area contributed by atoms with Crippen molar-refractivity contribution < 1.29 is 56.8 Å². The lowest BCUT2D eigenvalue weighted by Crippen LogP contribution is -2.27. The normalized spacial score (nSPS) is 12.5. The van der Waals surface area contributed by atoms with Crippen LogP contribution in [-0.2, 0) is 32.6 Å². The van der Waals surface area contributed by atoms with Gasteiger partial charge in [0.25, 0.3) is 0 Å². The number of carbonyl (C=O) groups is 4. The highest BCUT2D eigenvalue weighted by molar-refractivity contribution is 7.52. The highest BCUT2D eigenvalue weighted by atomic mass is 31.2. The quantitative estimate of drug-likeness (QED) is 0.0621. The summed E-state index contributed by atoms with van der Waals surface area (Å²) in [6, 6.07) is 12.2. The molecule has 1 atom stereocenters. The van der Waals surface area contributed by atoms with Crippen molar-refractivity contribution in [3.8, 4) is 0 Å². The van der Waals surface area contributed by atoms with Gasteiger partial charge >= 0.3 is 31.5 Å². The Morgan fingerprint density at radius 2 is 1.05 bits per heavy atom. The highest BCUT2D eigenvalue weighted by Crippen LogP contribution is 2.45. The van der Waals surface area contributed by atoms with E-state index in [4.69, 9.17) is 33.1 Å². The summed E-state index contributed by atoms with van der Waals surface area (Å²) in [6.45, 7) is 20.5. The van der Waals surface area contributed by atoms with E-state index in [0.29, 0.717) is 28.9 Å². The molecule has 314 valence electrons. The van der Waals surface area contributed by atoms with Gasteiger partial charge < -0.3 is 33.1 Å². The van der Waals surface area contributed by atoms with Gasteiger partial charge in [-0.2, -0.15) is 0 Å². The lowest BCUT2D eigenvalue weighted by atomic mass is 9.96. The van der Waals surface area contributed by atoms with E-state index in [1.165, 1.54) is 55.2 Å². The molecule has 0 radical (unpaired) electrons. The fourth-order valence-corrected chi connectivity index (χ4v) is 5.09. The molecule has 0 heterocycles. The summed E-state index contributed by atoms with van der Waals surface area (Å²) in [6.07, 6.45) is 3.95. The molecule has 0 aliphatic carbocycles. The fraction of sp³-hybridized carbons (Fsp3) is 0.619. The summed E-state index contributed by atoms with van der Waals surface area (Å²) in [5.74, 6) is -1.88. The Morgan fingerprint density at radius 1 is 0.636 bits per heavy atom. The zero-order chi connectivity index (χ0) is 40.5. The maximum absolute atomic E-state index is 12.4. The lowest BCUT2D eigenvalue weighted by molar-refractivity contribution is 0.00673. The van der Waals surface area contributed by atoms with Crippen LogP contribution in [0.1, 0.15) is 151 Å². The third-order valence-electron chi connectivity index (χ3n) is 7.08. The number of hydrogen-bond acceptors (Lipinski definition) is 12. The second-order valence-corrected chi connectivity index (χ2v) is 17.7. The average molecular weight is 797 g/mol. The first-order valence-corrected chi connectivity index (χ1v) is 19.9. The van der Waals surface area contributed by atoms with E-state index < -0.39 is 47.9 Å². The Morgan fingerprint density at radius 3 is 1.45 bits per heavy atom. The van der Waals surface area contributed by atoms with Gasteiger partial charge in [-0.1, -0.05) is 68.7 Å². The molecule has 2 aromatic rings. The molecule has 0 spiro atoms. The molecule has 13 heteroatoms. The molecule has 0 saturated heterocycles. The maximum Gasteiger partial charge on any atom is 0.338 e. The molecule has 0 fully saturated rings. The Bertz CT molecular complexity index is 1490. The lowest BCUT2D eigenvalue weighted by Gasteiger charge is -2.25. The Kier molecular flexibility index (Phi) is 24.2. The van der Waals surface area contributed by atoms with E-state index in [2.05, 4.69) is 6.92 Å². The molecule has 0 aromatic heterocycles. The van der Waals surface area contributed by atoms with Crippen molar-refractivity contribution >= 4 is 31.5 Å². The van der Waals surface area contributed by atoms with E-state index in [0.717, 1.165) is 25.7 Å². The molecule has 55 heavy (non-hydrogen) atoms. The first-order valence-electron chi connectivity index (χ1n) is 18.0. The van der Waals surface area contributed by atoms with Crippen LogP contribution in [0.25, 0.3) is 0 Å². The number of aliphatic hydroxyl groups excluding tert-OH is 1. The molecular formula is C42H69O12P. The van der Waals surface area contributed by atoms with Crippen LogP contribution in [0.2, 0.25) is 0 Å². The molecule has 1 N–H and O–H groups in total. The maximum atomic E-state index is 12.4. The van der Waals surface area contributed by atoms with Crippen LogP contribution in [0.3, 0.4) is 0 Å². The van der Waals surface area contributed by atoms with Crippen LogP contribution in [0.4, 0.5) is 0 Å². The minimum Gasteiger partial charge on any atom is -0.461 e. The zero-order valence-electron chi connectivity index (χ0n) is 33.4. The highest BCUT2D eigenvalue weighted by Gasteiger charge is 2.27. The van der Waals surface area contributed by atoms with Crippen molar-refractivity contribution in [2.45, 2.75) is 121 Å². The summed E-state index contributed by atoms with van der Waals surface area (Å²) in [5, 5.41) is 9.10. The molecule has 0 aliphatic rings. The predicted octanol–water partition coefficient (Wildman–Crippen LogP) is 9.96. The number of rotatable bonds is 19. The Hall–Kier alpha value is -3.57. The van der Waals surface area contributed by atoms with Gasteiger partial charge in [-0.3, -0.25) is 4.57 Å². The third-order valence-corrected chi connectivity index (χ3v) is 8.33. The fourth-order valence-electron chi connectivity index (χ4n) is 3.97. The van der Waals surface area contributed by atoms with Gasteiger partial charge in [0.15, 0.2) is 0 Å². The van der Waals surface area contributed by atoms with Crippen LogP contribution in [0.5, 0.6) is 0 Å². The minimum atomic E-state index is -3.16. The number of benzene rings is 2. The molecular weight excluding hydrogens is 727 g/mol. The van der Waals surface area contributed by atoms with E-state index in [-0.39, 0.29) is 47.4 Å². The van der Waals surface area contributed by atoms with Crippen molar-refractivity contribution in [1.29, 1.82) is 0 Å². The van der Waals surface area contributed by atoms with Crippen LogP contribution >= 0.6 is 7.60 Å². The second kappa shape index (κ2) is 24.8. The van der Waals surface area contributed by atoms with Gasteiger partial charge in [0.1, 0.15) is 5.60 Å². The summed E-state index contributed by atoms with van der Waals surface area (Å²) in [7, 11) is -3.16. The topological polar surface area (TPSA) is 161 Å². The average Bonchev–Trinajstić information content (AvgIpc) is 3.08. The van der Waals surface area contributed by atoms with Crippen LogP contribution in [-0.4, -0.2) is 80.4 Å². The van der Waals surface area contributed by atoms with Gasteiger partial charge in [-0.05, 0) is 89.6 Å². The van der Waals surface area contributed by atoms with Gasteiger partial charge in [0.2, 0.25) is 0 Å². The van der Waals surface area contributed by atoms with Crippen LogP contribution < -0.4 is 0 Å². The number of ether oxygens (including phenoxy) is 4. The molecule has 0 bridgehead atoms. The first kappa shape index (κ1) is 53.5.